The third-order valence-electron chi connectivity index (χ3n) is 3.62. The van der Waals surface area contributed by atoms with Crippen LogP contribution in [0.1, 0.15) is 43.2 Å². The fourth-order valence-corrected chi connectivity index (χ4v) is 3.14. The molecule has 7 nitrogen and oxygen atoms in total. The highest BCUT2D eigenvalue weighted by Gasteiger charge is 2.06. The lowest BCUT2D eigenvalue weighted by molar-refractivity contribution is 0.632. The number of aromatic nitrogens is 4. The largest absolute Gasteiger partial charge is 0.356 e. The Labute approximate surface area is 147 Å². The van der Waals surface area contributed by atoms with E-state index in [1.165, 1.54) is 5.01 Å². The van der Waals surface area contributed by atoms with Crippen molar-refractivity contribution in [3.8, 4) is 0 Å². The van der Waals surface area contributed by atoms with Crippen molar-refractivity contribution in [1.29, 1.82) is 0 Å². The molecule has 2 N–H and O–H groups in total. The molecule has 0 bridgehead atoms. The maximum atomic E-state index is 4.65. The van der Waals surface area contributed by atoms with Crippen LogP contribution in [0.2, 0.25) is 0 Å². The second-order valence-electron chi connectivity index (χ2n) is 5.80. The summed E-state index contributed by atoms with van der Waals surface area (Å²) in [6, 6.07) is 0. The first-order valence-corrected chi connectivity index (χ1v) is 9.27. The maximum Gasteiger partial charge on any atom is 0.191 e. The van der Waals surface area contributed by atoms with Gasteiger partial charge in [0.25, 0.3) is 0 Å². The van der Waals surface area contributed by atoms with Crippen LogP contribution >= 0.6 is 11.3 Å². The van der Waals surface area contributed by atoms with Crippen molar-refractivity contribution in [2.75, 3.05) is 20.1 Å². The van der Waals surface area contributed by atoms with Crippen LogP contribution in [0.5, 0.6) is 0 Å². The number of nitrogens with one attached hydrogen (secondary N) is 2. The zero-order valence-corrected chi connectivity index (χ0v) is 15.7. The molecule has 2 heterocycles. The van der Waals surface area contributed by atoms with Gasteiger partial charge in [0.15, 0.2) is 5.96 Å². The summed E-state index contributed by atoms with van der Waals surface area (Å²) in [6.45, 7) is 8.84. The Morgan fingerprint density at radius 2 is 2.12 bits per heavy atom. The molecule has 8 heteroatoms. The third-order valence-corrected chi connectivity index (χ3v) is 4.81. The SMILES string of the molecule is CCc1nncn1CCNC(=NC)NCCc1csc(C(C)C)n1. The average molecular weight is 350 g/mol. The topological polar surface area (TPSA) is 80.0 Å². The molecule has 0 saturated carbocycles. The van der Waals surface area contributed by atoms with Crippen LogP contribution in [0.4, 0.5) is 0 Å². The number of hydrogen-bond donors (Lipinski definition) is 2. The molecule has 132 valence electrons. The molecule has 0 aliphatic carbocycles. The zero-order valence-electron chi connectivity index (χ0n) is 14.9. The number of guanidine groups is 1. The lowest BCUT2D eigenvalue weighted by Gasteiger charge is -2.12. The molecule has 24 heavy (non-hydrogen) atoms. The highest BCUT2D eigenvalue weighted by Crippen LogP contribution is 2.19. The highest BCUT2D eigenvalue weighted by molar-refractivity contribution is 7.09. The summed E-state index contributed by atoms with van der Waals surface area (Å²) >= 11 is 1.74. The van der Waals surface area contributed by atoms with E-state index >= 15 is 0 Å². The summed E-state index contributed by atoms with van der Waals surface area (Å²) in [4.78, 5) is 8.90. The minimum atomic E-state index is 0.497. The molecule has 0 amide bonds. The summed E-state index contributed by atoms with van der Waals surface area (Å²) < 4.78 is 2.06. The zero-order chi connectivity index (χ0) is 17.4. The summed E-state index contributed by atoms with van der Waals surface area (Å²) in [5.41, 5.74) is 1.14. The third kappa shape index (κ3) is 5.30. The van der Waals surface area contributed by atoms with Crippen molar-refractivity contribution in [3.63, 3.8) is 0 Å². The summed E-state index contributed by atoms with van der Waals surface area (Å²) in [7, 11) is 1.78. The number of hydrogen-bond acceptors (Lipinski definition) is 5. The fraction of sp³-hybridized carbons (Fsp3) is 0.625. The van der Waals surface area contributed by atoms with Gasteiger partial charge in [-0.05, 0) is 0 Å². The van der Waals surface area contributed by atoms with Gasteiger partial charge in [0.05, 0.1) is 10.7 Å². The molecule has 0 spiro atoms. The van der Waals surface area contributed by atoms with Gasteiger partial charge in [-0.2, -0.15) is 0 Å². The van der Waals surface area contributed by atoms with Crippen LogP contribution in [-0.2, 0) is 19.4 Å². The van der Waals surface area contributed by atoms with Gasteiger partial charge in [0.1, 0.15) is 12.2 Å². The first kappa shape index (κ1) is 18.4. The number of aliphatic imine (C=N–C) groups is 1. The smallest absolute Gasteiger partial charge is 0.191 e. The molecule has 0 radical (unpaired) electrons. The van der Waals surface area contributed by atoms with Crippen molar-refractivity contribution in [1.82, 2.24) is 30.4 Å². The molecule has 2 aromatic heterocycles. The standard InChI is InChI=1S/C16H27N7S/c1-5-14-22-20-11-23(14)9-8-19-16(17-4)18-7-6-13-10-24-15(21-13)12(2)3/h10-12H,5-9H2,1-4H3,(H2,17,18,19). The second kappa shape index (κ2) is 9.36. The van der Waals surface area contributed by atoms with Crippen molar-refractivity contribution in [2.24, 2.45) is 4.99 Å². The first-order chi connectivity index (χ1) is 11.6. The van der Waals surface area contributed by atoms with Crippen molar-refractivity contribution < 1.29 is 0 Å². The molecule has 2 aromatic rings. The molecule has 0 fully saturated rings. The van der Waals surface area contributed by atoms with Crippen molar-refractivity contribution in [3.05, 3.63) is 28.2 Å². The lowest BCUT2D eigenvalue weighted by Crippen LogP contribution is -2.39. The van der Waals surface area contributed by atoms with E-state index in [-0.39, 0.29) is 0 Å². The summed E-state index contributed by atoms with van der Waals surface area (Å²) in [5.74, 6) is 2.31. The highest BCUT2D eigenvalue weighted by atomic mass is 32.1. The van der Waals surface area contributed by atoms with E-state index in [0.717, 1.165) is 50.0 Å². The molecule has 0 atom stereocenters. The van der Waals surface area contributed by atoms with Gasteiger partial charge in [-0.3, -0.25) is 4.99 Å². The molecular weight excluding hydrogens is 322 g/mol. The van der Waals surface area contributed by atoms with Crippen molar-refractivity contribution in [2.45, 2.75) is 46.1 Å². The Bertz CT molecular complexity index is 644. The molecule has 0 aliphatic heterocycles. The predicted octanol–water partition coefficient (Wildman–Crippen LogP) is 1.83. The van der Waals surface area contributed by atoms with E-state index in [9.17, 15) is 0 Å². The molecule has 0 saturated heterocycles. The van der Waals surface area contributed by atoms with Gasteiger partial charge in [0, 0.05) is 50.8 Å². The predicted molar refractivity (Wildman–Crippen MR) is 98.7 cm³/mol. The first-order valence-electron chi connectivity index (χ1n) is 8.39. The number of thiazole rings is 1. The Morgan fingerprint density at radius 1 is 1.33 bits per heavy atom. The Kier molecular flexibility index (Phi) is 7.17. The number of aryl methyl sites for hydroxylation is 1. The Balaban J connectivity index is 1.70. The van der Waals surface area contributed by atoms with Crippen LogP contribution in [0, 0.1) is 0 Å². The van der Waals surface area contributed by atoms with Gasteiger partial charge < -0.3 is 15.2 Å². The number of nitrogens with zero attached hydrogens (tertiary/aromatic N) is 5. The van der Waals surface area contributed by atoms with Crippen LogP contribution in [-0.4, -0.2) is 45.8 Å². The molecule has 2 rings (SSSR count). The quantitative estimate of drug-likeness (QED) is 0.561. The molecule has 0 unspecified atom stereocenters. The average Bonchev–Trinajstić information content (AvgIpc) is 3.22. The maximum absolute atomic E-state index is 4.65. The summed E-state index contributed by atoms with van der Waals surface area (Å²) in [6.07, 6.45) is 3.56. The lowest BCUT2D eigenvalue weighted by atomic mass is 10.2. The fourth-order valence-electron chi connectivity index (χ4n) is 2.27. The van der Waals surface area contributed by atoms with Crippen LogP contribution in [0.15, 0.2) is 16.7 Å². The molecular formula is C16H27N7S. The van der Waals surface area contributed by atoms with Gasteiger partial charge >= 0.3 is 0 Å². The monoisotopic (exact) mass is 349 g/mol. The van der Waals surface area contributed by atoms with E-state index in [1.54, 1.807) is 24.7 Å². The minimum Gasteiger partial charge on any atom is -0.356 e. The molecule has 0 aromatic carbocycles. The number of rotatable bonds is 8. The minimum absolute atomic E-state index is 0.497. The van der Waals surface area contributed by atoms with Gasteiger partial charge in [0.2, 0.25) is 0 Å². The van der Waals surface area contributed by atoms with E-state index in [2.05, 4.69) is 61.5 Å². The second-order valence-corrected chi connectivity index (χ2v) is 6.69. The van der Waals surface area contributed by atoms with Gasteiger partial charge in [-0.25, -0.2) is 4.98 Å². The van der Waals surface area contributed by atoms with Gasteiger partial charge in [-0.15, -0.1) is 21.5 Å². The van der Waals surface area contributed by atoms with E-state index in [0.29, 0.717) is 5.92 Å². The Hall–Kier alpha value is -1.96. The summed E-state index contributed by atoms with van der Waals surface area (Å²) in [5, 5.41) is 18.0. The van der Waals surface area contributed by atoms with Gasteiger partial charge in [-0.1, -0.05) is 20.8 Å². The van der Waals surface area contributed by atoms with Crippen LogP contribution in [0.25, 0.3) is 0 Å². The van der Waals surface area contributed by atoms with E-state index < -0.39 is 0 Å². The molecule has 0 aliphatic rings. The van der Waals surface area contributed by atoms with Crippen LogP contribution in [0.3, 0.4) is 0 Å². The Morgan fingerprint density at radius 3 is 2.79 bits per heavy atom. The van der Waals surface area contributed by atoms with Crippen LogP contribution < -0.4 is 10.6 Å². The van der Waals surface area contributed by atoms with E-state index in [4.69, 9.17) is 0 Å². The normalized spacial score (nSPS) is 12.0. The van der Waals surface area contributed by atoms with Crippen molar-refractivity contribution >= 4 is 17.3 Å². The van der Waals surface area contributed by atoms with E-state index in [1.807, 2.05) is 0 Å².